The van der Waals surface area contributed by atoms with Gasteiger partial charge in [0.15, 0.2) is 5.82 Å². The molecule has 1 unspecified atom stereocenters. The molecule has 1 N–H and O–H groups in total. The summed E-state index contributed by atoms with van der Waals surface area (Å²) >= 11 is 0. The van der Waals surface area contributed by atoms with E-state index in [1.807, 2.05) is 26.0 Å². The summed E-state index contributed by atoms with van der Waals surface area (Å²) in [6, 6.07) is 5.25. The van der Waals surface area contributed by atoms with Gasteiger partial charge >= 0.3 is 6.03 Å². The van der Waals surface area contributed by atoms with E-state index < -0.39 is 0 Å². The first kappa shape index (κ1) is 15.3. The van der Waals surface area contributed by atoms with Crippen LogP contribution >= 0.6 is 0 Å². The molecule has 2 aromatic heterocycles. The van der Waals surface area contributed by atoms with Crippen LogP contribution in [-0.4, -0.2) is 40.3 Å². The Morgan fingerprint density at radius 3 is 3.09 bits per heavy atom. The molecule has 122 valence electrons. The van der Waals surface area contributed by atoms with Crippen molar-refractivity contribution in [2.45, 2.75) is 32.3 Å². The second kappa shape index (κ2) is 6.68. The number of nitrogens with one attached hydrogen (secondary N) is 1. The summed E-state index contributed by atoms with van der Waals surface area (Å²) in [4.78, 5) is 18.0. The first-order valence-electron chi connectivity index (χ1n) is 7.71. The van der Waals surface area contributed by atoms with Gasteiger partial charge in [-0.2, -0.15) is 0 Å². The van der Waals surface area contributed by atoms with Crippen LogP contribution in [0.1, 0.15) is 31.9 Å². The Morgan fingerprint density at radius 2 is 2.39 bits per heavy atom. The number of hydrogen-bond donors (Lipinski definition) is 1. The highest BCUT2D eigenvalue weighted by Crippen LogP contribution is 2.20. The van der Waals surface area contributed by atoms with Gasteiger partial charge in [0, 0.05) is 31.1 Å². The standard InChI is InChI=1S/C16H20N4O3/c1-11(2)14-8-15(19-23-14)18-16(21)20-7-5-13(10-20)22-12-4-3-6-17-9-12/h3-4,6,8-9,11,13H,5,7,10H2,1-2H3,(H,18,19,21). The van der Waals surface area contributed by atoms with Gasteiger partial charge in [-0.3, -0.25) is 10.3 Å². The molecule has 1 aliphatic heterocycles. The van der Waals surface area contributed by atoms with Crippen molar-refractivity contribution in [3.63, 3.8) is 0 Å². The second-order valence-corrected chi connectivity index (χ2v) is 5.86. The van der Waals surface area contributed by atoms with Gasteiger partial charge in [0.1, 0.15) is 17.6 Å². The van der Waals surface area contributed by atoms with Crippen LogP contribution in [0.2, 0.25) is 0 Å². The summed E-state index contributed by atoms with van der Waals surface area (Å²) in [5, 5.41) is 6.62. The number of pyridine rings is 1. The number of ether oxygens (including phenoxy) is 1. The monoisotopic (exact) mass is 316 g/mol. The van der Waals surface area contributed by atoms with Crippen LogP contribution in [0.15, 0.2) is 35.1 Å². The van der Waals surface area contributed by atoms with E-state index >= 15 is 0 Å². The number of nitrogens with zero attached hydrogens (tertiary/aromatic N) is 3. The average Bonchev–Trinajstić information content (AvgIpc) is 3.18. The van der Waals surface area contributed by atoms with Crippen molar-refractivity contribution in [3.05, 3.63) is 36.4 Å². The first-order valence-corrected chi connectivity index (χ1v) is 7.71. The third-order valence-electron chi connectivity index (χ3n) is 3.70. The molecule has 0 aromatic carbocycles. The zero-order chi connectivity index (χ0) is 16.2. The number of carbonyl (C=O) groups excluding carboxylic acids is 1. The Bertz CT molecular complexity index is 656. The van der Waals surface area contributed by atoms with E-state index in [2.05, 4.69) is 15.5 Å². The van der Waals surface area contributed by atoms with Crippen molar-refractivity contribution in [3.8, 4) is 5.75 Å². The zero-order valence-corrected chi connectivity index (χ0v) is 13.2. The minimum absolute atomic E-state index is 0.0199. The maximum absolute atomic E-state index is 12.3. The highest BCUT2D eigenvalue weighted by molar-refractivity contribution is 5.88. The van der Waals surface area contributed by atoms with E-state index in [1.54, 1.807) is 23.4 Å². The van der Waals surface area contributed by atoms with Crippen LogP contribution in [0.4, 0.5) is 10.6 Å². The fourth-order valence-corrected chi connectivity index (χ4v) is 2.43. The van der Waals surface area contributed by atoms with Gasteiger partial charge in [-0.1, -0.05) is 19.0 Å². The molecule has 0 aliphatic carbocycles. The highest BCUT2D eigenvalue weighted by Gasteiger charge is 2.28. The SMILES string of the molecule is CC(C)c1cc(NC(=O)N2CCC(Oc3cccnc3)C2)no1. The first-order chi connectivity index (χ1) is 11.1. The molecular formula is C16H20N4O3. The lowest BCUT2D eigenvalue weighted by Crippen LogP contribution is -2.34. The van der Waals surface area contributed by atoms with Crippen molar-refractivity contribution < 1.29 is 14.1 Å². The Kier molecular flexibility index (Phi) is 4.45. The number of amides is 2. The zero-order valence-electron chi connectivity index (χ0n) is 13.2. The molecule has 2 amide bonds. The van der Waals surface area contributed by atoms with Gasteiger partial charge in [0.2, 0.25) is 0 Å². The number of carbonyl (C=O) groups is 1. The third-order valence-corrected chi connectivity index (χ3v) is 3.70. The number of likely N-dealkylation sites (tertiary alicyclic amines) is 1. The van der Waals surface area contributed by atoms with Crippen LogP contribution in [0, 0.1) is 0 Å². The molecule has 0 bridgehead atoms. The maximum Gasteiger partial charge on any atom is 0.323 e. The van der Waals surface area contributed by atoms with E-state index in [0.29, 0.717) is 18.9 Å². The predicted molar refractivity (Wildman–Crippen MR) is 84.5 cm³/mol. The maximum atomic E-state index is 12.3. The molecule has 3 rings (SSSR count). The summed E-state index contributed by atoms with van der Waals surface area (Å²) in [7, 11) is 0. The lowest BCUT2D eigenvalue weighted by molar-refractivity contribution is 0.194. The Morgan fingerprint density at radius 1 is 1.52 bits per heavy atom. The second-order valence-electron chi connectivity index (χ2n) is 5.86. The lowest BCUT2D eigenvalue weighted by Gasteiger charge is -2.16. The molecule has 23 heavy (non-hydrogen) atoms. The summed E-state index contributed by atoms with van der Waals surface area (Å²) in [5.74, 6) is 2.14. The van der Waals surface area contributed by atoms with Crippen molar-refractivity contribution in [1.29, 1.82) is 0 Å². The quantitative estimate of drug-likeness (QED) is 0.938. The molecule has 2 aromatic rings. The Balaban J connectivity index is 1.52. The average molecular weight is 316 g/mol. The number of rotatable bonds is 4. The summed E-state index contributed by atoms with van der Waals surface area (Å²) in [6.07, 6.45) is 4.14. The summed E-state index contributed by atoms with van der Waals surface area (Å²) in [6.45, 7) is 5.20. The van der Waals surface area contributed by atoms with E-state index in [4.69, 9.17) is 9.26 Å². The number of hydrogen-bond acceptors (Lipinski definition) is 5. The molecule has 1 aliphatic rings. The van der Waals surface area contributed by atoms with Crippen LogP contribution < -0.4 is 10.1 Å². The Labute approximate surface area is 134 Å². The van der Waals surface area contributed by atoms with E-state index in [9.17, 15) is 4.79 Å². The Hall–Kier alpha value is -2.57. The van der Waals surface area contributed by atoms with Crippen molar-refractivity contribution in [1.82, 2.24) is 15.0 Å². The molecule has 7 nitrogen and oxygen atoms in total. The fourth-order valence-electron chi connectivity index (χ4n) is 2.43. The molecule has 0 spiro atoms. The fraction of sp³-hybridized carbons (Fsp3) is 0.438. The molecule has 7 heteroatoms. The molecular weight excluding hydrogens is 296 g/mol. The van der Waals surface area contributed by atoms with E-state index in [-0.39, 0.29) is 18.1 Å². The molecule has 1 fully saturated rings. The minimum atomic E-state index is -0.189. The van der Waals surface area contributed by atoms with Gasteiger partial charge in [-0.25, -0.2) is 4.79 Å². The van der Waals surface area contributed by atoms with E-state index in [1.165, 1.54) is 0 Å². The number of anilines is 1. The van der Waals surface area contributed by atoms with Crippen LogP contribution in [0.25, 0.3) is 0 Å². The molecule has 1 atom stereocenters. The van der Waals surface area contributed by atoms with Crippen molar-refractivity contribution in [2.24, 2.45) is 0 Å². The molecule has 0 saturated carbocycles. The molecule has 1 saturated heterocycles. The molecule has 0 radical (unpaired) electrons. The van der Waals surface area contributed by atoms with Crippen LogP contribution in [0.3, 0.4) is 0 Å². The van der Waals surface area contributed by atoms with Gasteiger partial charge in [0.25, 0.3) is 0 Å². The number of aromatic nitrogens is 2. The van der Waals surface area contributed by atoms with Gasteiger partial charge in [0.05, 0.1) is 12.7 Å². The summed E-state index contributed by atoms with van der Waals surface area (Å²) < 4.78 is 11.0. The number of urea groups is 1. The smallest absolute Gasteiger partial charge is 0.323 e. The van der Waals surface area contributed by atoms with Gasteiger partial charge in [-0.15, -0.1) is 0 Å². The topological polar surface area (TPSA) is 80.5 Å². The van der Waals surface area contributed by atoms with Crippen LogP contribution in [0.5, 0.6) is 5.75 Å². The van der Waals surface area contributed by atoms with Crippen molar-refractivity contribution >= 4 is 11.8 Å². The van der Waals surface area contributed by atoms with Gasteiger partial charge < -0.3 is 14.2 Å². The predicted octanol–water partition coefficient (Wildman–Crippen LogP) is 2.88. The third kappa shape index (κ3) is 3.80. The largest absolute Gasteiger partial charge is 0.487 e. The van der Waals surface area contributed by atoms with Gasteiger partial charge in [-0.05, 0) is 12.1 Å². The van der Waals surface area contributed by atoms with Crippen molar-refractivity contribution in [2.75, 3.05) is 18.4 Å². The minimum Gasteiger partial charge on any atom is -0.487 e. The van der Waals surface area contributed by atoms with E-state index in [0.717, 1.165) is 17.9 Å². The highest BCUT2D eigenvalue weighted by atomic mass is 16.5. The summed E-state index contributed by atoms with van der Waals surface area (Å²) in [5.41, 5.74) is 0. The normalized spacial score (nSPS) is 17.5. The molecule has 3 heterocycles. The van der Waals surface area contributed by atoms with Crippen LogP contribution in [-0.2, 0) is 0 Å². The lowest BCUT2D eigenvalue weighted by atomic mass is 10.2.